The van der Waals surface area contributed by atoms with Crippen LogP contribution in [-0.4, -0.2) is 78.7 Å². The predicted octanol–water partition coefficient (Wildman–Crippen LogP) is 2.12. The number of sulfonamides is 3. The second-order valence-corrected chi connectivity index (χ2v) is 15.9. The number of benzene rings is 3. The monoisotopic (exact) mass is 666 g/mol. The van der Waals surface area contributed by atoms with Crippen molar-refractivity contribution in [2.75, 3.05) is 38.2 Å². The number of morpholine rings is 1. The minimum atomic E-state index is -4.34. The van der Waals surface area contributed by atoms with Crippen LogP contribution in [0.15, 0.2) is 87.5 Å². The van der Waals surface area contributed by atoms with Gasteiger partial charge in [-0.25, -0.2) is 34.4 Å². The molecule has 0 atom stereocenters. The summed E-state index contributed by atoms with van der Waals surface area (Å²) in [5.74, 6) is -1.23. The van der Waals surface area contributed by atoms with E-state index < -0.39 is 48.3 Å². The van der Waals surface area contributed by atoms with E-state index in [1.165, 1.54) is 65.0 Å². The van der Waals surface area contributed by atoms with Crippen molar-refractivity contribution in [1.82, 2.24) is 13.3 Å². The number of carbonyl (C=O) groups is 1. The Balaban J connectivity index is 1.33. The van der Waals surface area contributed by atoms with E-state index in [-0.39, 0.29) is 46.0 Å². The van der Waals surface area contributed by atoms with Crippen molar-refractivity contribution in [3.63, 3.8) is 0 Å². The number of anilines is 1. The van der Waals surface area contributed by atoms with Crippen molar-refractivity contribution >= 4 is 41.7 Å². The van der Waals surface area contributed by atoms with Crippen LogP contribution in [0.5, 0.6) is 0 Å². The lowest BCUT2D eigenvalue weighted by Gasteiger charge is -2.26. The number of ether oxygens (including phenoxy) is 1. The van der Waals surface area contributed by atoms with Gasteiger partial charge in [-0.3, -0.25) is 4.79 Å². The smallest absolute Gasteiger partial charge is 0.243 e. The summed E-state index contributed by atoms with van der Waals surface area (Å²) in [7, 11) is -11.9. The standard InChI is InChI=1S/C28H31FN4O8S3/c29-22-3-1-21(2-4-22)19-33(44(39,40)27-13-11-25(12-14-27)42(35,36)31-24-5-6-24)20-28(34)30-23-7-9-26(10-8-23)43(37,38)32-15-17-41-18-16-32/h1-4,7-14,24,31H,5-6,15-20H2,(H,30,34). The van der Waals surface area contributed by atoms with Crippen LogP contribution in [0.1, 0.15) is 18.4 Å². The van der Waals surface area contributed by atoms with Crippen LogP contribution in [0.25, 0.3) is 0 Å². The Morgan fingerprint density at radius 3 is 1.98 bits per heavy atom. The fraction of sp³-hybridized carbons (Fsp3) is 0.321. The largest absolute Gasteiger partial charge is 0.379 e. The fourth-order valence-electron chi connectivity index (χ4n) is 4.45. The van der Waals surface area contributed by atoms with Crippen molar-refractivity contribution in [2.45, 2.75) is 40.1 Å². The molecule has 0 aromatic heterocycles. The SMILES string of the molecule is O=C(CN(Cc1ccc(F)cc1)S(=O)(=O)c1ccc(S(=O)(=O)NC2CC2)cc1)Nc1ccc(S(=O)(=O)N2CCOCC2)cc1. The topological polar surface area (TPSA) is 159 Å². The van der Waals surface area contributed by atoms with Crippen LogP contribution in [0.2, 0.25) is 0 Å². The molecule has 3 aromatic rings. The van der Waals surface area contributed by atoms with Gasteiger partial charge in [0.2, 0.25) is 36.0 Å². The number of amides is 1. The van der Waals surface area contributed by atoms with Crippen molar-refractivity contribution in [3.05, 3.63) is 84.2 Å². The highest BCUT2D eigenvalue weighted by Gasteiger charge is 2.31. The highest BCUT2D eigenvalue weighted by atomic mass is 32.2. The summed E-state index contributed by atoms with van der Waals surface area (Å²) in [5, 5.41) is 2.58. The van der Waals surface area contributed by atoms with Crippen LogP contribution in [-0.2, 0) is 46.1 Å². The average molecular weight is 667 g/mol. The maximum atomic E-state index is 13.7. The van der Waals surface area contributed by atoms with Crippen LogP contribution >= 0.6 is 0 Å². The van der Waals surface area contributed by atoms with E-state index in [9.17, 15) is 34.4 Å². The maximum Gasteiger partial charge on any atom is 0.243 e. The Kier molecular flexibility index (Phi) is 9.50. The molecule has 44 heavy (non-hydrogen) atoms. The molecule has 0 spiro atoms. The summed E-state index contributed by atoms with van der Waals surface area (Å²) in [5.41, 5.74) is 0.654. The molecule has 0 unspecified atom stereocenters. The Hall–Kier alpha value is -3.25. The molecule has 2 aliphatic rings. The summed E-state index contributed by atoms with van der Waals surface area (Å²) in [4.78, 5) is 12.8. The number of rotatable bonds is 12. The van der Waals surface area contributed by atoms with Gasteiger partial charge in [0.25, 0.3) is 0 Å². The summed E-state index contributed by atoms with van der Waals surface area (Å²) in [6.07, 6.45) is 1.48. The molecule has 2 N–H and O–H groups in total. The molecule has 0 radical (unpaired) electrons. The third-order valence-corrected chi connectivity index (χ3v) is 12.3. The van der Waals surface area contributed by atoms with Gasteiger partial charge in [0, 0.05) is 31.4 Å². The van der Waals surface area contributed by atoms with Gasteiger partial charge >= 0.3 is 0 Å². The van der Waals surface area contributed by atoms with E-state index in [0.29, 0.717) is 18.8 Å². The average Bonchev–Trinajstić information content (AvgIpc) is 3.82. The summed E-state index contributed by atoms with van der Waals surface area (Å²) < 4.78 is 102. The number of carbonyl (C=O) groups excluding carboxylic acids is 1. The van der Waals surface area contributed by atoms with Gasteiger partial charge in [-0.1, -0.05) is 12.1 Å². The first kappa shape index (κ1) is 32.2. The number of nitrogens with one attached hydrogen (secondary N) is 2. The maximum absolute atomic E-state index is 13.7. The van der Waals surface area contributed by atoms with Crippen molar-refractivity contribution in [2.24, 2.45) is 0 Å². The summed E-state index contributed by atoms with van der Waals surface area (Å²) in [6, 6.07) is 15.2. The van der Waals surface area contributed by atoms with E-state index in [1.54, 1.807) is 0 Å². The van der Waals surface area contributed by atoms with Gasteiger partial charge in [0.05, 0.1) is 34.4 Å². The lowest BCUT2D eigenvalue weighted by Crippen LogP contribution is -2.40. The molecule has 5 rings (SSSR count). The minimum absolute atomic E-state index is 0.0377. The highest BCUT2D eigenvalue weighted by molar-refractivity contribution is 7.90. The number of hydrogen-bond donors (Lipinski definition) is 2. The highest BCUT2D eigenvalue weighted by Crippen LogP contribution is 2.25. The van der Waals surface area contributed by atoms with Crippen LogP contribution in [0.3, 0.4) is 0 Å². The third kappa shape index (κ3) is 7.69. The summed E-state index contributed by atoms with van der Waals surface area (Å²) in [6.45, 7) is 0.133. The van der Waals surface area contributed by atoms with Gasteiger partial charge in [0.15, 0.2) is 0 Å². The zero-order valence-electron chi connectivity index (χ0n) is 23.4. The Morgan fingerprint density at radius 2 is 1.39 bits per heavy atom. The third-order valence-electron chi connectivity index (χ3n) is 7.01. The number of halogens is 1. The fourth-order valence-corrected chi connectivity index (χ4v) is 8.55. The zero-order chi connectivity index (χ0) is 31.5. The molecular weight excluding hydrogens is 636 g/mol. The number of nitrogens with zero attached hydrogens (tertiary/aromatic N) is 2. The molecule has 1 saturated heterocycles. The predicted molar refractivity (Wildman–Crippen MR) is 158 cm³/mol. The molecule has 1 saturated carbocycles. The molecule has 236 valence electrons. The van der Waals surface area contributed by atoms with Crippen molar-refractivity contribution < 1.29 is 39.2 Å². The van der Waals surface area contributed by atoms with Crippen molar-refractivity contribution in [3.8, 4) is 0 Å². The molecule has 1 aliphatic heterocycles. The summed E-state index contributed by atoms with van der Waals surface area (Å²) >= 11 is 0. The molecule has 1 aliphatic carbocycles. The number of hydrogen-bond acceptors (Lipinski definition) is 8. The Labute approximate surface area is 256 Å². The quantitative estimate of drug-likeness (QED) is 0.298. The van der Waals surface area contributed by atoms with Gasteiger partial charge in [-0.15, -0.1) is 0 Å². The first-order valence-corrected chi connectivity index (χ1v) is 18.1. The Bertz CT molecular complexity index is 1810. The first-order valence-electron chi connectivity index (χ1n) is 13.7. The second-order valence-electron chi connectivity index (χ2n) is 10.4. The van der Waals surface area contributed by atoms with Crippen LogP contribution in [0.4, 0.5) is 10.1 Å². The van der Waals surface area contributed by atoms with Crippen LogP contribution in [0, 0.1) is 5.82 Å². The van der Waals surface area contributed by atoms with E-state index in [1.807, 2.05) is 0 Å². The molecule has 12 nitrogen and oxygen atoms in total. The van der Waals surface area contributed by atoms with E-state index in [0.717, 1.165) is 29.3 Å². The Morgan fingerprint density at radius 1 is 0.818 bits per heavy atom. The zero-order valence-corrected chi connectivity index (χ0v) is 25.9. The molecule has 1 heterocycles. The van der Waals surface area contributed by atoms with Gasteiger partial charge in [0.1, 0.15) is 5.82 Å². The molecule has 16 heteroatoms. The molecule has 3 aromatic carbocycles. The normalized spacial score (nSPS) is 16.6. The van der Waals surface area contributed by atoms with Crippen LogP contribution < -0.4 is 10.0 Å². The molecular formula is C28H31FN4O8S3. The lowest BCUT2D eigenvalue weighted by molar-refractivity contribution is -0.116. The van der Waals surface area contributed by atoms with Gasteiger partial charge in [-0.2, -0.15) is 8.61 Å². The second kappa shape index (κ2) is 13.0. The molecule has 1 amide bonds. The molecule has 0 bridgehead atoms. The first-order chi connectivity index (χ1) is 20.8. The van der Waals surface area contributed by atoms with Gasteiger partial charge < -0.3 is 10.1 Å². The van der Waals surface area contributed by atoms with Gasteiger partial charge in [-0.05, 0) is 79.1 Å². The van der Waals surface area contributed by atoms with E-state index in [2.05, 4.69) is 10.0 Å². The minimum Gasteiger partial charge on any atom is -0.379 e. The molecule has 2 fully saturated rings. The lowest BCUT2D eigenvalue weighted by atomic mass is 10.2. The van der Waals surface area contributed by atoms with Crippen molar-refractivity contribution in [1.29, 1.82) is 0 Å². The van der Waals surface area contributed by atoms with E-state index >= 15 is 0 Å². The van der Waals surface area contributed by atoms with E-state index in [4.69, 9.17) is 4.74 Å².